The van der Waals surface area contributed by atoms with Crippen LogP contribution in [0, 0.1) is 0 Å². The number of thiocarbonyl (C=S) groups is 1. The van der Waals surface area contributed by atoms with Gasteiger partial charge in [-0.3, -0.25) is 4.98 Å². The van der Waals surface area contributed by atoms with E-state index in [0.29, 0.717) is 10.7 Å². The Morgan fingerprint density at radius 3 is 2.58 bits per heavy atom. The van der Waals surface area contributed by atoms with Crippen LogP contribution in [-0.2, 0) is 0 Å². The maximum Gasteiger partial charge on any atom is 0.122 e. The van der Waals surface area contributed by atoms with E-state index in [1.807, 2.05) is 12.1 Å². The number of nitrogens with one attached hydrogen (secondary N) is 1. The minimum absolute atomic E-state index is 0.280. The van der Waals surface area contributed by atoms with Crippen molar-refractivity contribution in [2.45, 2.75) is 31.2 Å². The zero-order valence-electron chi connectivity index (χ0n) is 11.6. The Morgan fingerprint density at radius 1 is 1.42 bits per heavy atom. The van der Waals surface area contributed by atoms with E-state index in [9.17, 15) is 0 Å². The molecule has 0 unspecified atom stereocenters. The first-order valence-electron chi connectivity index (χ1n) is 6.71. The Hall–Kier alpha value is -1.20. The summed E-state index contributed by atoms with van der Waals surface area (Å²) < 4.78 is 0. The van der Waals surface area contributed by atoms with Gasteiger partial charge in [0.25, 0.3) is 0 Å². The molecule has 0 spiro atoms. The van der Waals surface area contributed by atoms with E-state index in [1.165, 1.54) is 25.7 Å². The highest BCUT2D eigenvalue weighted by atomic mass is 32.1. The van der Waals surface area contributed by atoms with Gasteiger partial charge in [0.05, 0.1) is 17.6 Å². The van der Waals surface area contributed by atoms with E-state index >= 15 is 0 Å². The highest BCUT2D eigenvalue weighted by molar-refractivity contribution is 7.80. The molecule has 0 amide bonds. The van der Waals surface area contributed by atoms with Crippen molar-refractivity contribution >= 4 is 22.9 Å². The van der Waals surface area contributed by atoms with Gasteiger partial charge in [-0.15, -0.1) is 0 Å². The normalized spacial score (nSPS) is 17.6. The van der Waals surface area contributed by atoms with E-state index in [-0.39, 0.29) is 5.54 Å². The number of rotatable bonds is 5. The van der Waals surface area contributed by atoms with Crippen LogP contribution in [0.25, 0.3) is 0 Å². The molecule has 104 valence electrons. The molecule has 1 heterocycles. The summed E-state index contributed by atoms with van der Waals surface area (Å²) in [6.45, 7) is 0.952. The summed E-state index contributed by atoms with van der Waals surface area (Å²) in [5.74, 6) is 0. The third-order valence-electron chi connectivity index (χ3n) is 4.12. The first-order valence-corrected chi connectivity index (χ1v) is 7.11. The summed E-state index contributed by atoms with van der Waals surface area (Å²) in [5.41, 5.74) is 7.51. The molecular formula is C14H22N4S. The maximum absolute atomic E-state index is 5.54. The van der Waals surface area contributed by atoms with Gasteiger partial charge >= 0.3 is 0 Å². The first-order chi connectivity index (χ1) is 9.03. The van der Waals surface area contributed by atoms with Crippen molar-refractivity contribution in [1.29, 1.82) is 0 Å². The number of hydrogen-bond acceptors (Lipinski definition) is 4. The van der Waals surface area contributed by atoms with E-state index in [0.717, 1.165) is 12.2 Å². The molecule has 1 aliphatic carbocycles. The zero-order valence-corrected chi connectivity index (χ0v) is 12.5. The van der Waals surface area contributed by atoms with Crippen molar-refractivity contribution in [2.24, 2.45) is 5.73 Å². The van der Waals surface area contributed by atoms with Crippen LogP contribution < -0.4 is 11.1 Å². The Kier molecular flexibility index (Phi) is 4.37. The van der Waals surface area contributed by atoms with Crippen molar-refractivity contribution in [3.63, 3.8) is 0 Å². The molecule has 2 rings (SSSR count). The van der Waals surface area contributed by atoms with Crippen LogP contribution in [0.4, 0.5) is 5.69 Å². The van der Waals surface area contributed by atoms with Gasteiger partial charge in [-0.2, -0.15) is 0 Å². The summed E-state index contributed by atoms with van der Waals surface area (Å²) in [7, 11) is 4.34. The fourth-order valence-corrected chi connectivity index (χ4v) is 2.85. The molecule has 19 heavy (non-hydrogen) atoms. The Morgan fingerprint density at radius 2 is 2.11 bits per heavy atom. The van der Waals surface area contributed by atoms with Crippen molar-refractivity contribution < 1.29 is 0 Å². The minimum Gasteiger partial charge on any atom is -0.388 e. The Labute approximate surface area is 120 Å². The lowest BCUT2D eigenvalue weighted by molar-refractivity contribution is 0.172. The van der Waals surface area contributed by atoms with Crippen LogP contribution in [0.15, 0.2) is 18.3 Å². The number of anilines is 1. The van der Waals surface area contributed by atoms with Crippen LogP contribution in [0.2, 0.25) is 0 Å². The lowest BCUT2D eigenvalue weighted by atomic mass is 9.96. The monoisotopic (exact) mass is 278 g/mol. The van der Waals surface area contributed by atoms with Crippen molar-refractivity contribution in [3.8, 4) is 0 Å². The van der Waals surface area contributed by atoms with Crippen LogP contribution in [0.1, 0.15) is 31.4 Å². The molecule has 1 aliphatic rings. The maximum atomic E-state index is 5.54. The Balaban J connectivity index is 1.99. The quantitative estimate of drug-likeness (QED) is 0.807. The molecule has 3 N–H and O–H groups in total. The second-order valence-electron chi connectivity index (χ2n) is 5.48. The highest BCUT2D eigenvalue weighted by Gasteiger charge is 2.35. The van der Waals surface area contributed by atoms with Crippen molar-refractivity contribution in [2.75, 3.05) is 26.0 Å². The smallest absolute Gasteiger partial charge is 0.122 e. The molecule has 0 saturated heterocycles. The van der Waals surface area contributed by atoms with Crippen LogP contribution in [0.5, 0.6) is 0 Å². The summed E-state index contributed by atoms with van der Waals surface area (Å²) in [6.07, 6.45) is 6.95. The van der Waals surface area contributed by atoms with Gasteiger partial charge in [0.2, 0.25) is 0 Å². The van der Waals surface area contributed by atoms with E-state index in [2.05, 4.69) is 29.3 Å². The van der Waals surface area contributed by atoms with Gasteiger partial charge in [-0.05, 0) is 39.1 Å². The largest absolute Gasteiger partial charge is 0.388 e. The molecule has 1 aromatic rings. The molecule has 1 fully saturated rings. The first kappa shape index (κ1) is 14.2. The molecule has 0 aliphatic heterocycles. The fraction of sp³-hybridized carbons (Fsp3) is 0.571. The minimum atomic E-state index is 0.280. The fourth-order valence-electron chi connectivity index (χ4n) is 2.73. The molecule has 5 heteroatoms. The third kappa shape index (κ3) is 3.22. The van der Waals surface area contributed by atoms with Crippen LogP contribution >= 0.6 is 12.2 Å². The Bertz CT molecular complexity index is 435. The average molecular weight is 278 g/mol. The number of aromatic nitrogens is 1. The summed E-state index contributed by atoms with van der Waals surface area (Å²) in [5, 5.41) is 3.49. The van der Waals surface area contributed by atoms with E-state index in [4.69, 9.17) is 18.0 Å². The summed E-state index contributed by atoms with van der Waals surface area (Å²) in [4.78, 5) is 6.94. The molecule has 1 aromatic heterocycles. The summed E-state index contributed by atoms with van der Waals surface area (Å²) >= 11 is 4.90. The zero-order chi connectivity index (χ0) is 13.9. The van der Waals surface area contributed by atoms with Crippen molar-refractivity contribution in [1.82, 2.24) is 9.88 Å². The topological polar surface area (TPSA) is 54.2 Å². The molecule has 0 atom stereocenters. The number of nitrogens with two attached hydrogens (primary N) is 1. The number of nitrogens with zero attached hydrogens (tertiary/aromatic N) is 2. The van der Waals surface area contributed by atoms with Crippen molar-refractivity contribution in [3.05, 3.63) is 24.0 Å². The SMILES string of the molecule is CN(C)C1(CNc2ccc(C(N)=S)nc2)CCCC1. The lowest BCUT2D eigenvalue weighted by Crippen LogP contribution is -2.47. The molecular weight excluding hydrogens is 256 g/mol. The lowest BCUT2D eigenvalue weighted by Gasteiger charge is -2.36. The summed E-state index contributed by atoms with van der Waals surface area (Å²) in [6, 6.07) is 3.85. The van der Waals surface area contributed by atoms with Gasteiger partial charge in [0, 0.05) is 12.1 Å². The standard InChI is InChI=1S/C14H22N4S/c1-18(2)14(7-3-4-8-14)10-17-11-5-6-12(13(15)19)16-9-11/h5-6,9,17H,3-4,7-8,10H2,1-2H3,(H2,15,19). The second kappa shape index (κ2) is 5.84. The molecule has 0 radical (unpaired) electrons. The number of pyridine rings is 1. The molecule has 4 nitrogen and oxygen atoms in total. The predicted octanol–water partition coefficient (Wildman–Crippen LogP) is 2.00. The van der Waals surface area contributed by atoms with E-state index < -0.39 is 0 Å². The molecule has 0 bridgehead atoms. The van der Waals surface area contributed by atoms with Gasteiger partial charge in [0.15, 0.2) is 0 Å². The third-order valence-corrected chi connectivity index (χ3v) is 4.33. The predicted molar refractivity (Wildman–Crippen MR) is 83.5 cm³/mol. The molecule has 0 aromatic carbocycles. The average Bonchev–Trinajstić information content (AvgIpc) is 2.87. The highest BCUT2D eigenvalue weighted by Crippen LogP contribution is 2.33. The number of hydrogen-bond donors (Lipinski definition) is 2. The van der Waals surface area contributed by atoms with Gasteiger partial charge < -0.3 is 16.0 Å². The van der Waals surface area contributed by atoms with Gasteiger partial charge in [-0.1, -0.05) is 25.1 Å². The second-order valence-corrected chi connectivity index (χ2v) is 5.92. The number of likely N-dealkylation sites (N-methyl/N-ethyl adjacent to an activating group) is 1. The van der Waals surface area contributed by atoms with E-state index in [1.54, 1.807) is 6.20 Å². The van der Waals surface area contributed by atoms with Crippen LogP contribution in [-0.4, -0.2) is 41.1 Å². The van der Waals surface area contributed by atoms with Gasteiger partial charge in [0.1, 0.15) is 4.99 Å². The van der Waals surface area contributed by atoms with Crippen LogP contribution in [0.3, 0.4) is 0 Å². The van der Waals surface area contributed by atoms with Gasteiger partial charge in [-0.25, -0.2) is 0 Å². The molecule has 1 saturated carbocycles.